The van der Waals surface area contributed by atoms with Crippen LogP contribution in [0.25, 0.3) is 0 Å². The SMILES string of the molecule is O=C1C2CC=C3C(CC4(Cl)C(=O)N(CBr)C(=O)C4(Cl)C3c3ccc(OCc4ccccc4)cc3O)C2C(=O)N1C1CCN(Cc2ccccc2)CC1. The number of carbonyl (C=O) groups excluding carboxylic acids is 4. The zero-order chi connectivity index (χ0) is 36.4. The number of piperidine rings is 1. The van der Waals surface area contributed by atoms with Crippen LogP contribution in [0, 0.1) is 17.8 Å². The van der Waals surface area contributed by atoms with Gasteiger partial charge in [-0.3, -0.25) is 33.9 Å². The molecule has 9 nitrogen and oxygen atoms in total. The third-order valence-corrected chi connectivity index (χ3v) is 13.7. The fourth-order valence-corrected chi connectivity index (χ4v) is 10.7. The molecule has 0 aromatic heterocycles. The molecule has 12 heteroatoms. The van der Waals surface area contributed by atoms with Crippen LogP contribution in [0.15, 0.2) is 90.5 Å². The number of hydrogen-bond donors (Lipinski definition) is 1. The van der Waals surface area contributed by atoms with Crippen LogP contribution in [0.5, 0.6) is 11.5 Å². The van der Waals surface area contributed by atoms with Crippen molar-refractivity contribution in [3.63, 3.8) is 0 Å². The molecule has 1 N–H and O–H groups in total. The van der Waals surface area contributed by atoms with E-state index < -0.39 is 45.2 Å². The van der Waals surface area contributed by atoms with Gasteiger partial charge < -0.3 is 9.84 Å². The molecular formula is C40H38BrCl2N3O6. The van der Waals surface area contributed by atoms with E-state index in [-0.39, 0.29) is 48.5 Å². The van der Waals surface area contributed by atoms with E-state index in [2.05, 4.69) is 33.0 Å². The number of phenols is 1. The van der Waals surface area contributed by atoms with Crippen LogP contribution < -0.4 is 4.74 Å². The Labute approximate surface area is 320 Å². The molecule has 1 saturated carbocycles. The lowest BCUT2D eigenvalue weighted by Gasteiger charge is -2.50. The molecule has 0 bridgehead atoms. The Balaban J connectivity index is 1.10. The lowest BCUT2D eigenvalue weighted by molar-refractivity contribution is -0.144. The average molecular weight is 808 g/mol. The van der Waals surface area contributed by atoms with Gasteiger partial charge in [-0.1, -0.05) is 94.3 Å². The summed E-state index contributed by atoms with van der Waals surface area (Å²) >= 11 is 18.0. The lowest BCUT2D eigenvalue weighted by Crippen LogP contribution is -2.60. The molecule has 5 aliphatic rings. The van der Waals surface area contributed by atoms with Crippen molar-refractivity contribution in [1.29, 1.82) is 0 Å². The van der Waals surface area contributed by atoms with Crippen LogP contribution in [0.4, 0.5) is 0 Å². The highest BCUT2D eigenvalue weighted by molar-refractivity contribution is 9.09. The number of allylic oxidation sites excluding steroid dienone is 2. The minimum absolute atomic E-state index is 0.100. The highest BCUT2D eigenvalue weighted by atomic mass is 79.9. The number of nitrogens with zero attached hydrogens (tertiary/aromatic N) is 3. The number of aromatic hydroxyl groups is 1. The van der Waals surface area contributed by atoms with E-state index in [4.69, 9.17) is 27.9 Å². The summed E-state index contributed by atoms with van der Waals surface area (Å²) in [6.45, 7) is 2.59. The second-order valence-corrected chi connectivity index (χ2v) is 16.3. The molecule has 0 spiro atoms. The topological polar surface area (TPSA) is 107 Å². The number of amides is 4. The quantitative estimate of drug-likeness (QED) is 0.123. The average Bonchev–Trinajstić information content (AvgIpc) is 3.49. The predicted molar refractivity (Wildman–Crippen MR) is 199 cm³/mol. The standard InChI is InChI=1S/C40H38BrCl2N3O6/c41-23-45-37(50)39(42)20-31-28(34(40(39,43)38(45)51)29-12-11-27(19-32(29)47)52-22-25-9-5-2-6-10-25)13-14-30-33(31)36(49)46(35(30)48)26-15-17-44(18-16-26)21-24-7-3-1-4-8-24/h1-13,19,26,30-31,33-34,47H,14-18,20-23H2. The number of hydrogen-bond acceptors (Lipinski definition) is 7. The number of ether oxygens (including phenoxy) is 1. The van der Waals surface area contributed by atoms with Crippen LogP contribution in [-0.2, 0) is 32.3 Å². The minimum Gasteiger partial charge on any atom is -0.508 e. The molecule has 3 saturated heterocycles. The highest BCUT2D eigenvalue weighted by Crippen LogP contribution is 2.66. The maximum atomic E-state index is 14.5. The molecular weight excluding hydrogens is 769 g/mol. The number of alkyl halides is 3. The Kier molecular flexibility index (Phi) is 9.25. The zero-order valence-corrected chi connectivity index (χ0v) is 31.4. The molecule has 4 fully saturated rings. The number of halogens is 3. The van der Waals surface area contributed by atoms with E-state index in [1.54, 1.807) is 12.1 Å². The molecule has 3 aromatic carbocycles. The normalized spacial score (nSPS) is 30.6. The fourth-order valence-electron chi connectivity index (χ4n) is 9.26. The summed E-state index contributed by atoms with van der Waals surface area (Å²) in [5.41, 5.74) is 2.97. The van der Waals surface area contributed by atoms with Crippen molar-refractivity contribution in [1.82, 2.24) is 14.7 Å². The van der Waals surface area contributed by atoms with Gasteiger partial charge in [0.1, 0.15) is 18.1 Å². The summed E-state index contributed by atoms with van der Waals surface area (Å²) in [5, 5.41) is 11.6. The number of phenolic OH excluding ortho intramolecular Hbond substituents is 1. The maximum Gasteiger partial charge on any atom is 0.254 e. The Bertz CT molecular complexity index is 1960. The van der Waals surface area contributed by atoms with E-state index in [0.29, 0.717) is 29.7 Å². The molecule has 52 heavy (non-hydrogen) atoms. The molecule has 270 valence electrons. The van der Waals surface area contributed by atoms with Crippen LogP contribution in [0.2, 0.25) is 0 Å². The maximum absolute atomic E-state index is 14.5. The summed E-state index contributed by atoms with van der Waals surface area (Å²) in [6.07, 6.45) is 3.40. The van der Waals surface area contributed by atoms with Gasteiger partial charge in [0.25, 0.3) is 11.8 Å². The first-order valence-corrected chi connectivity index (χ1v) is 19.6. The fraction of sp³-hybridized carbons (Fsp3) is 0.400. The van der Waals surface area contributed by atoms with Crippen molar-refractivity contribution in [2.75, 3.05) is 18.5 Å². The summed E-state index contributed by atoms with van der Waals surface area (Å²) in [5.74, 6) is -4.72. The number of benzene rings is 3. The van der Waals surface area contributed by atoms with Crippen molar-refractivity contribution in [3.05, 3.63) is 107 Å². The predicted octanol–water partition coefficient (Wildman–Crippen LogP) is 6.35. The number of imide groups is 2. The van der Waals surface area contributed by atoms with Gasteiger partial charge in [0.15, 0.2) is 9.75 Å². The van der Waals surface area contributed by atoms with E-state index in [1.807, 2.05) is 54.6 Å². The van der Waals surface area contributed by atoms with Gasteiger partial charge in [0.05, 0.1) is 17.3 Å². The monoisotopic (exact) mass is 805 g/mol. The molecule has 3 aromatic rings. The molecule has 4 amide bonds. The molecule has 0 radical (unpaired) electrons. The van der Waals surface area contributed by atoms with E-state index in [1.165, 1.54) is 16.5 Å². The van der Waals surface area contributed by atoms with Crippen molar-refractivity contribution in [3.8, 4) is 11.5 Å². The third-order valence-electron chi connectivity index (χ3n) is 11.8. The number of rotatable bonds is 8. The molecule has 3 aliphatic heterocycles. The molecule has 2 aliphatic carbocycles. The first kappa shape index (κ1) is 35.3. The van der Waals surface area contributed by atoms with Crippen LogP contribution in [-0.4, -0.2) is 77.8 Å². The van der Waals surface area contributed by atoms with Crippen LogP contribution in [0.3, 0.4) is 0 Å². The smallest absolute Gasteiger partial charge is 0.254 e. The number of likely N-dealkylation sites (tertiary alicyclic amines) is 3. The first-order valence-electron chi connectivity index (χ1n) is 17.7. The molecule has 6 unspecified atom stereocenters. The van der Waals surface area contributed by atoms with Crippen molar-refractivity contribution >= 4 is 62.8 Å². The summed E-state index contributed by atoms with van der Waals surface area (Å²) < 4.78 is 5.95. The number of fused-ring (bicyclic) bond motifs is 4. The van der Waals surface area contributed by atoms with Gasteiger partial charge >= 0.3 is 0 Å². The van der Waals surface area contributed by atoms with Gasteiger partial charge in [-0.15, -0.1) is 23.2 Å². The van der Waals surface area contributed by atoms with Crippen molar-refractivity contribution in [2.45, 2.75) is 60.5 Å². The van der Waals surface area contributed by atoms with Gasteiger partial charge in [0, 0.05) is 43.2 Å². The first-order chi connectivity index (χ1) is 25.1. The van der Waals surface area contributed by atoms with Crippen molar-refractivity contribution in [2.24, 2.45) is 17.8 Å². The lowest BCUT2D eigenvalue weighted by atomic mass is 9.56. The Morgan fingerprint density at radius 1 is 0.846 bits per heavy atom. The Morgan fingerprint density at radius 3 is 2.17 bits per heavy atom. The van der Waals surface area contributed by atoms with E-state index in [9.17, 15) is 24.3 Å². The molecule has 3 heterocycles. The zero-order valence-electron chi connectivity index (χ0n) is 28.3. The third kappa shape index (κ3) is 5.51. The van der Waals surface area contributed by atoms with Gasteiger partial charge in [0.2, 0.25) is 11.8 Å². The van der Waals surface area contributed by atoms with Crippen molar-refractivity contribution < 1.29 is 29.0 Å². The van der Waals surface area contributed by atoms with Crippen LogP contribution >= 0.6 is 39.1 Å². The summed E-state index contributed by atoms with van der Waals surface area (Å²) in [6, 6.07) is 24.4. The summed E-state index contributed by atoms with van der Waals surface area (Å²) in [4.78, 5) is 57.6. The molecule has 6 atom stereocenters. The summed E-state index contributed by atoms with van der Waals surface area (Å²) in [7, 11) is 0. The van der Waals surface area contributed by atoms with E-state index in [0.717, 1.165) is 30.1 Å². The van der Waals surface area contributed by atoms with Crippen LogP contribution in [0.1, 0.15) is 48.3 Å². The van der Waals surface area contributed by atoms with Gasteiger partial charge in [-0.05, 0) is 48.8 Å². The van der Waals surface area contributed by atoms with Gasteiger partial charge in [-0.25, -0.2) is 0 Å². The van der Waals surface area contributed by atoms with E-state index >= 15 is 0 Å². The van der Waals surface area contributed by atoms with Gasteiger partial charge in [-0.2, -0.15) is 0 Å². The molecule has 8 rings (SSSR count). The Hall–Kier alpha value is -3.70. The highest BCUT2D eigenvalue weighted by Gasteiger charge is 2.76. The second kappa shape index (κ2) is 13.6. The second-order valence-electron chi connectivity index (χ2n) is 14.5. The minimum atomic E-state index is -2.00. The Morgan fingerprint density at radius 2 is 1.52 bits per heavy atom. The largest absolute Gasteiger partial charge is 0.508 e. The number of carbonyl (C=O) groups is 4.